The molecule has 0 N–H and O–H groups in total. The molecule has 1 aromatic carbocycles. The van der Waals surface area contributed by atoms with Gasteiger partial charge in [0.25, 0.3) is 0 Å². The fourth-order valence-electron chi connectivity index (χ4n) is 1.22. The summed E-state index contributed by atoms with van der Waals surface area (Å²) in [6.45, 7) is 0. The third-order valence-corrected chi connectivity index (χ3v) is 2.09. The minimum Gasteiger partial charge on any atom is -0.402 e. The maximum atomic E-state index is 5.94. The summed E-state index contributed by atoms with van der Waals surface area (Å²) in [5.74, 6) is 0. The molecule has 3 heteroatoms. The van der Waals surface area contributed by atoms with Crippen LogP contribution in [0, 0.1) is 6.07 Å². The molecule has 2 rings (SSSR count). The van der Waals surface area contributed by atoms with Gasteiger partial charge in [-0.1, -0.05) is 22.5 Å². The topological polar surface area (TPSA) is 4.93 Å². The second-order valence-corrected chi connectivity index (χ2v) is 2.94. The van der Waals surface area contributed by atoms with Crippen LogP contribution in [0.5, 0.6) is 0 Å². The summed E-state index contributed by atoms with van der Waals surface area (Å²) >= 11 is 5.94. The summed E-state index contributed by atoms with van der Waals surface area (Å²) < 4.78 is 1.99. The van der Waals surface area contributed by atoms with Crippen molar-refractivity contribution in [2.24, 2.45) is 7.05 Å². The van der Waals surface area contributed by atoms with E-state index in [4.69, 9.17) is 11.6 Å². The maximum absolute atomic E-state index is 5.94. The summed E-state index contributed by atoms with van der Waals surface area (Å²) in [4.78, 5) is 0. The molecule has 0 aliphatic heterocycles. The Morgan fingerprint density at radius 1 is 1.50 bits per heavy atom. The second-order valence-electron chi connectivity index (χ2n) is 2.53. The number of fused-ring (bicyclic) bond motifs is 1. The number of rotatable bonds is 0. The van der Waals surface area contributed by atoms with E-state index in [2.05, 4.69) is 6.07 Å². The molecule has 0 saturated heterocycles. The van der Waals surface area contributed by atoms with Crippen molar-refractivity contribution in [2.45, 2.75) is 0 Å². The third-order valence-electron chi connectivity index (χ3n) is 1.79. The van der Waals surface area contributed by atoms with Crippen molar-refractivity contribution in [3.05, 3.63) is 35.5 Å². The van der Waals surface area contributed by atoms with Gasteiger partial charge in [0.15, 0.2) is 0 Å². The molecule has 1 nitrogen and oxygen atoms in total. The first kappa shape index (κ1) is 9.82. The van der Waals surface area contributed by atoms with E-state index in [9.17, 15) is 0 Å². The number of nitrogens with zero attached hydrogens (tertiary/aromatic N) is 1. The molecule has 0 saturated carbocycles. The van der Waals surface area contributed by atoms with Crippen LogP contribution < -0.4 is 0 Å². The molecular weight excluding hydrogens is 341 g/mol. The molecule has 12 heavy (non-hydrogen) atoms. The Balaban J connectivity index is 0.000000720. The van der Waals surface area contributed by atoms with E-state index in [-0.39, 0.29) is 21.1 Å². The van der Waals surface area contributed by atoms with Gasteiger partial charge in [-0.05, 0) is 7.05 Å². The average Bonchev–Trinajstić information content (AvgIpc) is 2.30. The first-order chi connectivity index (χ1) is 5.29. The van der Waals surface area contributed by atoms with Gasteiger partial charge >= 0.3 is 0 Å². The van der Waals surface area contributed by atoms with Crippen molar-refractivity contribution in [1.29, 1.82) is 0 Å². The fraction of sp³-hybridized carbons (Fsp3) is 0.111. The Hall–Kier alpha value is -0.262. The molecule has 1 aromatic heterocycles. The average molecular weight is 348 g/mol. The molecule has 62 valence electrons. The molecule has 0 unspecified atom stereocenters. The molecule has 0 aliphatic rings. The number of aromatic nitrogens is 1. The fourth-order valence-corrected chi connectivity index (χ4v) is 1.53. The molecule has 0 fully saturated rings. The molecule has 2 aromatic rings. The monoisotopic (exact) mass is 348 g/mol. The SMILES string of the molecule is Cn1cc(Cl)c2cc[c-]cc21.[W]. The predicted octanol–water partition coefficient (Wildman–Crippen LogP) is 2.63. The number of hydrogen-bond acceptors (Lipinski definition) is 0. The normalized spacial score (nSPS) is 9.83. The first-order valence-corrected chi connectivity index (χ1v) is 3.77. The summed E-state index contributed by atoms with van der Waals surface area (Å²) in [6.07, 6.45) is 1.90. The van der Waals surface area contributed by atoms with Crippen molar-refractivity contribution in [1.82, 2.24) is 4.57 Å². The summed E-state index contributed by atoms with van der Waals surface area (Å²) in [5, 5.41) is 1.89. The van der Waals surface area contributed by atoms with E-state index >= 15 is 0 Å². The number of halogens is 1. The van der Waals surface area contributed by atoms with Crippen LogP contribution in [0.2, 0.25) is 5.02 Å². The van der Waals surface area contributed by atoms with Crippen molar-refractivity contribution in [2.75, 3.05) is 0 Å². The van der Waals surface area contributed by atoms with Crippen LogP contribution in [0.15, 0.2) is 24.4 Å². The van der Waals surface area contributed by atoms with Crippen molar-refractivity contribution in [3.63, 3.8) is 0 Å². The molecular formula is C9H7ClNW-. The van der Waals surface area contributed by atoms with Crippen LogP contribution in [-0.2, 0) is 28.1 Å². The van der Waals surface area contributed by atoms with Crippen LogP contribution in [0.4, 0.5) is 0 Å². The Morgan fingerprint density at radius 3 is 2.92 bits per heavy atom. The van der Waals surface area contributed by atoms with E-state index in [0.717, 1.165) is 15.9 Å². The number of benzene rings is 1. The maximum Gasteiger partial charge on any atom is 0.0409 e. The molecule has 0 spiro atoms. The van der Waals surface area contributed by atoms with Crippen LogP contribution in [0.25, 0.3) is 10.9 Å². The standard InChI is InChI=1S/C9H7ClN.W/c1-11-6-8(10)7-4-2-3-5-9(7)11;/h2,4-6H,1H3;/q-1;. The summed E-state index contributed by atoms with van der Waals surface area (Å²) in [7, 11) is 1.97. The zero-order valence-electron chi connectivity index (χ0n) is 6.54. The zero-order chi connectivity index (χ0) is 7.84. The van der Waals surface area contributed by atoms with E-state index in [0.29, 0.717) is 0 Å². The first-order valence-electron chi connectivity index (χ1n) is 3.39. The molecule has 1 heterocycles. The van der Waals surface area contributed by atoms with Crippen molar-refractivity contribution in [3.8, 4) is 0 Å². The number of aryl methyl sites for hydroxylation is 1. The zero-order valence-corrected chi connectivity index (χ0v) is 10.2. The van der Waals surface area contributed by atoms with Gasteiger partial charge in [-0.2, -0.15) is 24.3 Å². The van der Waals surface area contributed by atoms with E-state index in [1.807, 2.05) is 36.0 Å². The third kappa shape index (κ3) is 1.44. The summed E-state index contributed by atoms with van der Waals surface area (Å²) in [6, 6.07) is 8.78. The summed E-state index contributed by atoms with van der Waals surface area (Å²) in [5.41, 5.74) is 1.12. The molecule has 0 bridgehead atoms. The second kappa shape index (κ2) is 3.63. The van der Waals surface area contributed by atoms with Gasteiger partial charge in [-0.25, -0.2) is 0 Å². The van der Waals surface area contributed by atoms with Gasteiger partial charge in [-0.3, -0.25) is 0 Å². The molecule has 0 atom stereocenters. The van der Waals surface area contributed by atoms with Crippen LogP contribution in [0.1, 0.15) is 0 Å². The smallest absolute Gasteiger partial charge is 0.0409 e. The Morgan fingerprint density at radius 2 is 2.25 bits per heavy atom. The van der Waals surface area contributed by atoms with Gasteiger partial charge in [0.2, 0.25) is 0 Å². The van der Waals surface area contributed by atoms with E-state index in [1.54, 1.807) is 0 Å². The number of hydrogen-bond donors (Lipinski definition) is 0. The van der Waals surface area contributed by atoms with Crippen LogP contribution in [0.3, 0.4) is 0 Å². The van der Waals surface area contributed by atoms with Crippen LogP contribution in [-0.4, -0.2) is 4.57 Å². The predicted molar refractivity (Wildman–Crippen MR) is 46.8 cm³/mol. The largest absolute Gasteiger partial charge is 0.402 e. The quantitative estimate of drug-likeness (QED) is 0.645. The minimum absolute atomic E-state index is 0. The molecule has 0 radical (unpaired) electrons. The van der Waals surface area contributed by atoms with E-state index < -0.39 is 0 Å². The Labute approximate surface area is 90.6 Å². The van der Waals surface area contributed by atoms with Gasteiger partial charge in [0, 0.05) is 32.3 Å². The minimum atomic E-state index is 0. The van der Waals surface area contributed by atoms with Crippen molar-refractivity contribution >= 4 is 22.5 Å². The van der Waals surface area contributed by atoms with Crippen LogP contribution >= 0.6 is 11.6 Å². The Kier molecular flexibility index (Phi) is 2.98. The van der Waals surface area contributed by atoms with Gasteiger partial charge < -0.3 is 4.57 Å². The van der Waals surface area contributed by atoms with Gasteiger partial charge in [0.1, 0.15) is 0 Å². The molecule has 0 aliphatic carbocycles. The van der Waals surface area contributed by atoms with Gasteiger partial charge in [-0.15, -0.1) is 0 Å². The van der Waals surface area contributed by atoms with Crippen molar-refractivity contribution < 1.29 is 21.1 Å². The Bertz CT molecular complexity index is 358. The van der Waals surface area contributed by atoms with Gasteiger partial charge in [0.05, 0.1) is 0 Å². The van der Waals surface area contributed by atoms with E-state index in [1.165, 1.54) is 0 Å². The molecule has 0 amide bonds.